The van der Waals surface area contributed by atoms with Crippen LogP contribution in [0.15, 0.2) is 42.6 Å². The zero-order chi connectivity index (χ0) is 19.1. The lowest BCUT2D eigenvalue weighted by atomic mass is 9.82. The largest absolute Gasteiger partial charge is 0.481 e. The summed E-state index contributed by atoms with van der Waals surface area (Å²) in [5.41, 5.74) is 0.875. The molecule has 6 nitrogen and oxygen atoms in total. The highest BCUT2D eigenvalue weighted by atomic mass is 35.5. The number of carbonyl (C=O) groups is 2. The van der Waals surface area contributed by atoms with Crippen molar-refractivity contribution in [3.63, 3.8) is 0 Å². The number of nitrogens with one attached hydrogen (secondary N) is 1. The number of nitrogens with zero attached hydrogens (tertiary/aromatic N) is 2. The normalized spacial score (nSPS) is 25.7. The number of anilines is 1. The molecule has 0 unspecified atom stereocenters. The van der Waals surface area contributed by atoms with E-state index in [9.17, 15) is 14.7 Å². The summed E-state index contributed by atoms with van der Waals surface area (Å²) in [4.78, 5) is 24.3. The Kier molecular flexibility index (Phi) is 4.70. The van der Waals surface area contributed by atoms with Gasteiger partial charge in [-0.05, 0) is 29.9 Å². The number of rotatable bonds is 5. The molecule has 2 aliphatic carbocycles. The van der Waals surface area contributed by atoms with Gasteiger partial charge in [0.1, 0.15) is 5.02 Å². The highest BCUT2D eigenvalue weighted by molar-refractivity contribution is 6.33. The maximum absolute atomic E-state index is 12.8. The van der Waals surface area contributed by atoms with Gasteiger partial charge in [-0.25, -0.2) is 0 Å². The number of hydrogen-bond donors (Lipinski definition) is 2. The van der Waals surface area contributed by atoms with Gasteiger partial charge in [-0.1, -0.05) is 53.6 Å². The molecule has 1 aromatic carbocycles. The summed E-state index contributed by atoms with van der Waals surface area (Å²) >= 11 is 12.4. The first-order chi connectivity index (χ1) is 12.9. The first-order valence-electron chi connectivity index (χ1n) is 8.62. The van der Waals surface area contributed by atoms with Crippen molar-refractivity contribution in [1.82, 2.24) is 9.78 Å². The van der Waals surface area contributed by atoms with E-state index in [0.717, 1.165) is 5.56 Å². The fraction of sp³-hybridized carbons (Fsp3) is 0.316. The molecule has 1 fully saturated rings. The number of hydrogen-bond acceptors (Lipinski definition) is 3. The van der Waals surface area contributed by atoms with Crippen LogP contribution in [0.4, 0.5) is 5.82 Å². The molecule has 0 aliphatic heterocycles. The lowest BCUT2D eigenvalue weighted by Crippen LogP contribution is -2.36. The maximum atomic E-state index is 12.8. The van der Waals surface area contributed by atoms with Gasteiger partial charge in [0, 0.05) is 11.2 Å². The number of carboxylic acid groups (broad SMARTS) is 1. The van der Waals surface area contributed by atoms with E-state index < -0.39 is 17.8 Å². The monoisotopic (exact) mass is 405 g/mol. The average molecular weight is 406 g/mol. The molecule has 2 aliphatic rings. The minimum atomic E-state index is -0.942. The van der Waals surface area contributed by atoms with Crippen molar-refractivity contribution in [2.45, 2.75) is 13.0 Å². The number of amides is 1. The van der Waals surface area contributed by atoms with E-state index in [1.54, 1.807) is 16.9 Å². The summed E-state index contributed by atoms with van der Waals surface area (Å²) in [6.45, 7) is 0.407. The van der Waals surface area contributed by atoms with Crippen LogP contribution in [0.25, 0.3) is 0 Å². The Labute approximate surface area is 165 Å². The van der Waals surface area contributed by atoms with Crippen molar-refractivity contribution < 1.29 is 14.7 Å². The molecule has 2 bridgehead atoms. The summed E-state index contributed by atoms with van der Waals surface area (Å²) in [7, 11) is 0. The lowest BCUT2D eigenvalue weighted by Gasteiger charge is -2.23. The summed E-state index contributed by atoms with van der Waals surface area (Å²) in [5.74, 6) is -2.53. The van der Waals surface area contributed by atoms with Gasteiger partial charge < -0.3 is 10.4 Å². The number of carboxylic acids is 1. The van der Waals surface area contributed by atoms with E-state index in [2.05, 4.69) is 10.4 Å². The third kappa shape index (κ3) is 3.35. The molecule has 4 atom stereocenters. The van der Waals surface area contributed by atoms with Crippen LogP contribution in [0.5, 0.6) is 0 Å². The molecule has 8 heteroatoms. The van der Waals surface area contributed by atoms with Gasteiger partial charge in [-0.2, -0.15) is 5.10 Å². The Balaban J connectivity index is 1.51. The van der Waals surface area contributed by atoms with Gasteiger partial charge in [-0.3, -0.25) is 14.3 Å². The molecule has 27 heavy (non-hydrogen) atoms. The zero-order valence-corrected chi connectivity index (χ0v) is 15.7. The quantitative estimate of drug-likeness (QED) is 0.742. The number of aromatic nitrogens is 2. The molecule has 4 rings (SSSR count). The Morgan fingerprint density at radius 2 is 1.85 bits per heavy atom. The minimum Gasteiger partial charge on any atom is -0.481 e. The number of benzene rings is 1. The second-order valence-corrected chi connectivity index (χ2v) is 7.76. The van der Waals surface area contributed by atoms with Gasteiger partial charge in [0.05, 0.1) is 18.4 Å². The van der Waals surface area contributed by atoms with Crippen LogP contribution in [0.2, 0.25) is 10.0 Å². The summed E-state index contributed by atoms with van der Waals surface area (Å²) in [6.07, 6.45) is 6.14. The Bertz CT molecular complexity index is 940. The van der Waals surface area contributed by atoms with Gasteiger partial charge in [0.25, 0.3) is 0 Å². The van der Waals surface area contributed by atoms with E-state index in [-0.39, 0.29) is 23.6 Å². The van der Waals surface area contributed by atoms with Crippen LogP contribution in [0.1, 0.15) is 12.0 Å². The smallest absolute Gasteiger partial charge is 0.307 e. The topological polar surface area (TPSA) is 84.2 Å². The zero-order valence-electron chi connectivity index (χ0n) is 14.2. The van der Waals surface area contributed by atoms with Crippen LogP contribution in [0, 0.1) is 23.7 Å². The first-order valence-corrected chi connectivity index (χ1v) is 9.38. The lowest BCUT2D eigenvalue weighted by molar-refractivity contribution is -0.146. The molecule has 1 amide bonds. The molecule has 2 aromatic rings. The fourth-order valence-corrected chi connectivity index (χ4v) is 4.47. The fourth-order valence-electron chi connectivity index (χ4n) is 4.08. The van der Waals surface area contributed by atoms with Crippen LogP contribution >= 0.6 is 23.2 Å². The number of aliphatic carboxylic acids is 1. The van der Waals surface area contributed by atoms with Crippen molar-refractivity contribution in [3.8, 4) is 0 Å². The highest BCUT2D eigenvalue weighted by Crippen LogP contribution is 2.48. The van der Waals surface area contributed by atoms with Gasteiger partial charge in [-0.15, -0.1) is 0 Å². The maximum Gasteiger partial charge on any atom is 0.307 e. The van der Waals surface area contributed by atoms with E-state index >= 15 is 0 Å². The van der Waals surface area contributed by atoms with E-state index in [1.807, 2.05) is 30.4 Å². The second kappa shape index (κ2) is 7.02. The predicted molar refractivity (Wildman–Crippen MR) is 102 cm³/mol. The summed E-state index contributed by atoms with van der Waals surface area (Å²) in [6, 6.07) is 7.40. The van der Waals surface area contributed by atoms with Crippen molar-refractivity contribution >= 4 is 40.9 Å². The Hall–Kier alpha value is -2.31. The molecule has 1 saturated carbocycles. The molecule has 0 spiro atoms. The molecular weight excluding hydrogens is 389 g/mol. The molecule has 1 aromatic heterocycles. The second-order valence-electron chi connectivity index (χ2n) is 6.94. The van der Waals surface area contributed by atoms with E-state index in [1.165, 1.54) is 0 Å². The van der Waals surface area contributed by atoms with Crippen molar-refractivity contribution in [2.24, 2.45) is 23.7 Å². The third-order valence-electron chi connectivity index (χ3n) is 5.30. The Morgan fingerprint density at radius 1 is 1.15 bits per heavy atom. The third-order valence-corrected chi connectivity index (χ3v) is 5.94. The number of halogens is 2. The predicted octanol–water partition coefficient (Wildman–Crippen LogP) is 3.70. The summed E-state index contributed by atoms with van der Waals surface area (Å²) in [5, 5.41) is 17.4. The van der Waals surface area contributed by atoms with E-state index in [0.29, 0.717) is 23.0 Å². The SMILES string of the molecule is O=C(O)[C@@H]1[C@H](C(=O)Nc2nn(Cc3ccccc3Cl)cc2Cl)[C@@H]2C=C[C@H]1C2. The first kappa shape index (κ1) is 18.1. The number of allylic oxidation sites excluding steroid dienone is 2. The van der Waals surface area contributed by atoms with E-state index in [4.69, 9.17) is 23.2 Å². The van der Waals surface area contributed by atoms with Crippen LogP contribution in [0.3, 0.4) is 0 Å². The van der Waals surface area contributed by atoms with Gasteiger partial charge in [0.2, 0.25) is 5.91 Å². The van der Waals surface area contributed by atoms with Crippen LogP contribution in [-0.2, 0) is 16.1 Å². The van der Waals surface area contributed by atoms with Gasteiger partial charge in [0.15, 0.2) is 5.82 Å². The number of fused-ring (bicyclic) bond motifs is 2. The number of carbonyl (C=O) groups excluding carboxylic acids is 1. The minimum absolute atomic E-state index is 0.0555. The van der Waals surface area contributed by atoms with Crippen molar-refractivity contribution in [2.75, 3.05) is 5.32 Å². The summed E-state index contributed by atoms with van der Waals surface area (Å²) < 4.78 is 1.59. The van der Waals surface area contributed by atoms with Gasteiger partial charge >= 0.3 is 5.97 Å². The molecular formula is C19H17Cl2N3O3. The average Bonchev–Trinajstić information content (AvgIpc) is 3.32. The van der Waals surface area contributed by atoms with Crippen LogP contribution in [-0.4, -0.2) is 26.8 Å². The molecule has 140 valence electrons. The Morgan fingerprint density at radius 3 is 2.56 bits per heavy atom. The molecule has 0 saturated heterocycles. The molecule has 0 radical (unpaired) electrons. The standard InChI is InChI=1S/C19H17Cl2N3O3/c20-13-4-2-1-3-12(13)8-24-9-14(21)17(23-24)22-18(25)15-10-5-6-11(7-10)16(15)19(26)27/h1-6,9-11,15-16H,7-8H2,(H,26,27)(H,22,23,25)/t10-,11+,15-,16+/m1/s1. The highest BCUT2D eigenvalue weighted by Gasteiger charge is 2.51. The van der Waals surface area contributed by atoms with Crippen molar-refractivity contribution in [3.05, 3.63) is 58.2 Å². The van der Waals surface area contributed by atoms with Crippen molar-refractivity contribution in [1.29, 1.82) is 0 Å². The molecule has 2 N–H and O–H groups in total. The molecule has 1 heterocycles. The van der Waals surface area contributed by atoms with Crippen LogP contribution < -0.4 is 5.32 Å².